The van der Waals surface area contributed by atoms with Gasteiger partial charge in [0.1, 0.15) is 11.6 Å². The van der Waals surface area contributed by atoms with Crippen LogP contribution in [0.1, 0.15) is 5.56 Å². The van der Waals surface area contributed by atoms with E-state index in [0.29, 0.717) is 10.6 Å². The van der Waals surface area contributed by atoms with Crippen molar-refractivity contribution in [1.29, 1.82) is 0 Å². The highest BCUT2D eigenvalue weighted by Crippen LogP contribution is 2.23. The number of carbonyl (C=O) groups excluding carboxylic acids is 2. The zero-order valence-corrected chi connectivity index (χ0v) is 14.3. The Morgan fingerprint density at radius 1 is 1.15 bits per heavy atom. The van der Waals surface area contributed by atoms with E-state index in [1.165, 1.54) is 36.5 Å². The summed E-state index contributed by atoms with van der Waals surface area (Å²) in [5.41, 5.74) is 0.441. The van der Waals surface area contributed by atoms with E-state index in [1.54, 1.807) is 0 Å². The van der Waals surface area contributed by atoms with Gasteiger partial charge in [-0.3, -0.25) is 4.79 Å². The molecule has 142 valence electrons. The Bertz CT molecular complexity index is 822. The smallest absolute Gasteiger partial charge is 0.452 e. The number of pyridine rings is 1. The number of benzene rings is 1. The van der Waals surface area contributed by atoms with Gasteiger partial charge in [0.2, 0.25) is 0 Å². The molecule has 0 radical (unpaired) electrons. The second-order valence-electron chi connectivity index (χ2n) is 4.97. The molecule has 10 heteroatoms. The highest BCUT2D eigenvalue weighted by atomic mass is 35.5. The first-order chi connectivity index (χ1) is 12.7. The summed E-state index contributed by atoms with van der Waals surface area (Å²) in [5, 5.41) is 2.81. The van der Waals surface area contributed by atoms with Gasteiger partial charge in [-0.15, -0.1) is 13.2 Å². The van der Waals surface area contributed by atoms with Gasteiger partial charge in [0, 0.05) is 12.3 Å². The summed E-state index contributed by atoms with van der Waals surface area (Å²) in [6, 6.07) is 7.86. The molecule has 1 N–H and O–H groups in total. The Kier molecular flexibility index (Phi) is 6.78. The van der Waals surface area contributed by atoms with Crippen molar-refractivity contribution in [2.75, 3.05) is 11.9 Å². The van der Waals surface area contributed by atoms with Crippen molar-refractivity contribution in [2.24, 2.45) is 0 Å². The zero-order valence-electron chi connectivity index (χ0n) is 13.5. The number of hydrogen-bond acceptors (Lipinski definition) is 5. The Morgan fingerprint density at radius 3 is 2.44 bits per heavy atom. The fourth-order valence-electron chi connectivity index (χ4n) is 1.76. The molecule has 0 saturated heterocycles. The van der Waals surface area contributed by atoms with Crippen LogP contribution in [0.4, 0.5) is 19.0 Å². The number of hydrogen-bond donors (Lipinski definition) is 1. The van der Waals surface area contributed by atoms with Crippen LogP contribution in [-0.4, -0.2) is 29.8 Å². The van der Waals surface area contributed by atoms with Gasteiger partial charge in [-0.2, -0.15) is 0 Å². The predicted molar refractivity (Wildman–Crippen MR) is 91.0 cm³/mol. The molecule has 0 unspecified atom stereocenters. The first-order valence-corrected chi connectivity index (χ1v) is 7.71. The molecule has 0 atom stereocenters. The molecule has 1 aromatic carbocycles. The second kappa shape index (κ2) is 9.04. The molecule has 6 nitrogen and oxygen atoms in total. The number of alkyl halides is 3. The van der Waals surface area contributed by atoms with Crippen LogP contribution in [0.3, 0.4) is 0 Å². The van der Waals surface area contributed by atoms with Gasteiger partial charge in [0.05, 0.1) is 5.02 Å². The van der Waals surface area contributed by atoms with E-state index in [-0.39, 0.29) is 11.6 Å². The third-order valence-electron chi connectivity index (χ3n) is 2.87. The SMILES string of the molecule is O=C(COC(=O)/C=C/c1ccc(OC(F)(F)F)cc1)Nc1ccc(Cl)cn1. The summed E-state index contributed by atoms with van der Waals surface area (Å²) in [4.78, 5) is 27.1. The first-order valence-electron chi connectivity index (χ1n) is 7.33. The average molecular weight is 401 g/mol. The molecule has 1 heterocycles. The van der Waals surface area contributed by atoms with Crippen LogP contribution in [-0.2, 0) is 14.3 Å². The molecule has 2 aromatic rings. The van der Waals surface area contributed by atoms with E-state index in [9.17, 15) is 22.8 Å². The number of halogens is 4. The zero-order chi connectivity index (χ0) is 19.9. The summed E-state index contributed by atoms with van der Waals surface area (Å²) in [7, 11) is 0. The van der Waals surface area contributed by atoms with Crippen LogP contribution in [0.2, 0.25) is 5.02 Å². The van der Waals surface area contributed by atoms with Crippen molar-refractivity contribution in [2.45, 2.75) is 6.36 Å². The van der Waals surface area contributed by atoms with Gasteiger partial charge >= 0.3 is 12.3 Å². The molecule has 0 aliphatic heterocycles. The molecule has 0 aliphatic rings. The minimum absolute atomic E-state index is 0.247. The van der Waals surface area contributed by atoms with Crippen LogP contribution in [0.5, 0.6) is 5.75 Å². The van der Waals surface area contributed by atoms with E-state index in [0.717, 1.165) is 18.2 Å². The third-order valence-corrected chi connectivity index (χ3v) is 3.09. The molecule has 1 amide bonds. The molecule has 27 heavy (non-hydrogen) atoms. The van der Waals surface area contributed by atoms with E-state index in [2.05, 4.69) is 15.0 Å². The van der Waals surface area contributed by atoms with Crippen molar-refractivity contribution in [3.63, 3.8) is 0 Å². The monoisotopic (exact) mass is 400 g/mol. The largest absolute Gasteiger partial charge is 0.573 e. The lowest BCUT2D eigenvalue weighted by molar-refractivity contribution is -0.274. The Balaban J connectivity index is 1.79. The number of aromatic nitrogens is 1. The van der Waals surface area contributed by atoms with Crippen molar-refractivity contribution in [1.82, 2.24) is 4.98 Å². The van der Waals surface area contributed by atoms with Crippen molar-refractivity contribution in [3.8, 4) is 5.75 Å². The number of amides is 1. The van der Waals surface area contributed by atoms with Gasteiger partial charge in [0.25, 0.3) is 5.91 Å². The number of rotatable bonds is 6. The van der Waals surface area contributed by atoms with E-state index < -0.39 is 24.8 Å². The molecule has 0 fully saturated rings. The maximum Gasteiger partial charge on any atom is 0.573 e. The minimum atomic E-state index is -4.77. The summed E-state index contributed by atoms with van der Waals surface area (Å²) in [6.07, 6.45) is -1.08. The summed E-state index contributed by atoms with van der Waals surface area (Å²) in [6.45, 7) is -0.536. The molecule has 2 rings (SSSR count). The fourth-order valence-corrected chi connectivity index (χ4v) is 1.87. The number of carbonyl (C=O) groups is 2. The Labute approximate surface area is 156 Å². The van der Waals surface area contributed by atoms with Crippen LogP contribution in [0.15, 0.2) is 48.7 Å². The van der Waals surface area contributed by atoms with E-state index in [1.807, 2.05) is 0 Å². The quantitative estimate of drug-likeness (QED) is 0.589. The standard InChI is InChI=1S/C17H12ClF3N2O4/c18-12-4-7-14(22-9-12)23-15(24)10-26-16(25)8-3-11-1-5-13(6-2-11)27-17(19,20)21/h1-9H,10H2,(H,22,23,24)/b8-3+. The predicted octanol–water partition coefficient (Wildman–Crippen LogP) is 3.83. The lowest BCUT2D eigenvalue weighted by Gasteiger charge is -2.08. The lowest BCUT2D eigenvalue weighted by atomic mass is 10.2. The highest BCUT2D eigenvalue weighted by molar-refractivity contribution is 6.30. The Hall–Kier alpha value is -3.07. The second-order valence-corrected chi connectivity index (χ2v) is 5.40. The van der Waals surface area contributed by atoms with Gasteiger partial charge in [-0.25, -0.2) is 9.78 Å². The molecular weight excluding hydrogens is 389 g/mol. The normalized spacial score (nSPS) is 11.3. The molecule has 0 bridgehead atoms. The summed E-state index contributed by atoms with van der Waals surface area (Å²) in [5.74, 6) is -1.53. The fraction of sp³-hybridized carbons (Fsp3) is 0.118. The first kappa shape index (κ1) is 20.2. The van der Waals surface area contributed by atoms with Crippen molar-refractivity contribution in [3.05, 3.63) is 59.3 Å². The van der Waals surface area contributed by atoms with Crippen LogP contribution < -0.4 is 10.1 Å². The lowest BCUT2D eigenvalue weighted by Crippen LogP contribution is -2.20. The maximum absolute atomic E-state index is 12.1. The third kappa shape index (κ3) is 7.78. The maximum atomic E-state index is 12.1. The number of anilines is 1. The number of ether oxygens (including phenoxy) is 2. The molecular formula is C17H12ClF3N2O4. The van der Waals surface area contributed by atoms with Gasteiger partial charge < -0.3 is 14.8 Å². The summed E-state index contributed by atoms with van der Waals surface area (Å²) >= 11 is 5.66. The van der Waals surface area contributed by atoms with Gasteiger partial charge in [-0.1, -0.05) is 23.7 Å². The number of nitrogens with zero attached hydrogens (tertiary/aromatic N) is 1. The number of esters is 1. The van der Waals surface area contributed by atoms with Crippen molar-refractivity contribution < 1.29 is 32.2 Å². The molecule has 1 aromatic heterocycles. The van der Waals surface area contributed by atoms with Crippen LogP contribution in [0.25, 0.3) is 6.08 Å². The average Bonchev–Trinajstić information content (AvgIpc) is 2.60. The van der Waals surface area contributed by atoms with E-state index in [4.69, 9.17) is 16.3 Å². The summed E-state index contributed by atoms with van der Waals surface area (Å²) < 4.78 is 44.7. The topological polar surface area (TPSA) is 77.5 Å². The van der Waals surface area contributed by atoms with E-state index >= 15 is 0 Å². The van der Waals surface area contributed by atoms with Crippen LogP contribution in [0, 0.1) is 0 Å². The highest BCUT2D eigenvalue weighted by Gasteiger charge is 2.30. The Morgan fingerprint density at radius 2 is 1.85 bits per heavy atom. The molecule has 0 spiro atoms. The molecule has 0 aliphatic carbocycles. The van der Waals surface area contributed by atoms with Gasteiger partial charge in [0.15, 0.2) is 6.61 Å². The molecule has 0 saturated carbocycles. The van der Waals surface area contributed by atoms with Crippen LogP contribution >= 0.6 is 11.6 Å². The number of nitrogens with one attached hydrogen (secondary N) is 1. The van der Waals surface area contributed by atoms with Gasteiger partial charge in [-0.05, 0) is 35.9 Å². The minimum Gasteiger partial charge on any atom is -0.452 e. The van der Waals surface area contributed by atoms with Crippen molar-refractivity contribution >= 4 is 35.4 Å².